The van der Waals surface area contributed by atoms with Gasteiger partial charge in [0.05, 0.1) is 17.8 Å². The highest BCUT2D eigenvalue weighted by Crippen LogP contribution is 2.20. The zero-order valence-corrected chi connectivity index (χ0v) is 10.6. The summed E-state index contributed by atoms with van der Waals surface area (Å²) in [4.78, 5) is 15.4. The maximum absolute atomic E-state index is 11.1. The highest BCUT2D eigenvalue weighted by molar-refractivity contribution is 7.09. The summed E-state index contributed by atoms with van der Waals surface area (Å²) in [5, 5.41) is 15.0. The molecule has 1 aromatic heterocycles. The molecule has 4 N–H and O–H groups in total. The zero-order valence-electron chi connectivity index (χ0n) is 9.80. The van der Waals surface area contributed by atoms with Crippen molar-refractivity contribution in [2.75, 3.05) is 11.1 Å². The molecule has 6 heteroatoms. The lowest BCUT2D eigenvalue weighted by molar-refractivity contribution is 0.0698. The Morgan fingerprint density at radius 1 is 1.56 bits per heavy atom. The lowest BCUT2D eigenvalue weighted by Crippen LogP contribution is -2.07. The minimum absolute atomic E-state index is 0.206. The Labute approximate surface area is 108 Å². The van der Waals surface area contributed by atoms with Crippen LogP contribution in [0.15, 0.2) is 23.6 Å². The summed E-state index contributed by atoms with van der Waals surface area (Å²) in [7, 11) is 0. The lowest BCUT2D eigenvalue weighted by Gasteiger charge is -2.09. The Balaban J connectivity index is 2.17. The molecule has 94 valence electrons. The van der Waals surface area contributed by atoms with E-state index in [1.165, 1.54) is 17.4 Å². The van der Waals surface area contributed by atoms with Crippen LogP contribution in [0.3, 0.4) is 0 Å². The largest absolute Gasteiger partial charge is 0.478 e. The standard InChI is InChI=1S/C12H13N3O2S/c1-7-6-18-11(15-7)5-14-10-4-8(13)2-3-9(10)12(16)17/h2-4,6,14H,5,13H2,1H3,(H,16,17). The van der Waals surface area contributed by atoms with Crippen LogP contribution >= 0.6 is 11.3 Å². The first kappa shape index (κ1) is 12.4. The molecule has 0 radical (unpaired) electrons. The molecule has 1 heterocycles. The van der Waals surface area contributed by atoms with Crippen molar-refractivity contribution in [3.8, 4) is 0 Å². The normalized spacial score (nSPS) is 10.3. The second-order valence-electron chi connectivity index (χ2n) is 3.85. The summed E-state index contributed by atoms with van der Waals surface area (Å²) in [6, 6.07) is 4.68. The molecule has 0 bridgehead atoms. The minimum atomic E-state index is -0.979. The van der Waals surface area contributed by atoms with Gasteiger partial charge in [-0.3, -0.25) is 0 Å². The van der Waals surface area contributed by atoms with E-state index >= 15 is 0 Å². The molecule has 0 atom stereocenters. The predicted molar refractivity (Wildman–Crippen MR) is 72.0 cm³/mol. The summed E-state index contributed by atoms with van der Waals surface area (Å²) < 4.78 is 0. The molecule has 0 unspecified atom stereocenters. The SMILES string of the molecule is Cc1csc(CNc2cc(N)ccc2C(=O)O)n1. The molecule has 0 aliphatic rings. The van der Waals surface area contributed by atoms with Crippen LogP contribution in [0.25, 0.3) is 0 Å². The fraction of sp³-hybridized carbons (Fsp3) is 0.167. The van der Waals surface area contributed by atoms with Crippen LogP contribution in [0, 0.1) is 6.92 Å². The van der Waals surface area contributed by atoms with Gasteiger partial charge in [0.2, 0.25) is 0 Å². The number of anilines is 2. The number of carbonyl (C=O) groups is 1. The number of hydrogen-bond donors (Lipinski definition) is 3. The number of hydrogen-bond acceptors (Lipinski definition) is 5. The molecule has 5 nitrogen and oxygen atoms in total. The number of nitrogens with one attached hydrogen (secondary N) is 1. The Kier molecular flexibility index (Phi) is 3.47. The summed E-state index contributed by atoms with van der Waals surface area (Å²) in [5.74, 6) is -0.979. The number of nitrogen functional groups attached to an aromatic ring is 1. The number of carboxylic acid groups (broad SMARTS) is 1. The topological polar surface area (TPSA) is 88.2 Å². The Morgan fingerprint density at radius 2 is 2.33 bits per heavy atom. The monoisotopic (exact) mass is 263 g/mol. The number of rotatable bonds is 4. The first-order valence-corrected chi connectivity index (χ1v) is 6.22. The van der Waals surface area contributed by atoms with Crippen LogP contribution in [0.1, 0.15) is 21.1 Å². The van der Waals surface area contributed by atoms with Crippen LogP contribution in [0.5, 0.6) is 0 Å². The first-order chi connectivity index (χ1) is 8.56. The van der Waals surface area contributed by atoms with E-state index in [4.69, 9.17) is 10.8 Å². The van der Waals surface area contributed by atoms with E-state index in [2.05, 4.69) is 10.3 Å². The van der Waals surface area contributed by atoms with Crippen molar-refractivity contribution >= 4 is 28.7 Å². The number of aryl methyl sites for hydroxylation is 1. The maximum atomic E-state index is 11.1. The molecule has 0 fully saturated rings. The molecule has 2 rings (SSSR count). The molecule has 0 aliphatic carbocycles. The summed E-state index contributed by atoms with van der Waals surface area (Å²) in [5.41, 5.74) is 7.86. The van der Waals surface area contributed by atoms with Gasteiger partial charge in [0, 0.05) is 16.8 Å². The van der Waals surface area contributed by atoms with Gasteiger partial charge < -0.3 is 16.2 Å². The van der Waals surface area contributed by atoms with Crippen LogP contribution in [-0.4, -0.2) is 16.1 Å². The third-order valence-corrected chi connectivity index (χ3v) is 3.34. The van der Waals surface area contributed by atoms with Gasteiger partial charge in [-0.25, -0.2) is 9.78 Å². The van der Waals surface area contributed by atoms with Crippen LogP contribution < -0.4 is 11.1 Å². The highest BCUT2D eigenvalue weighted by Gasteiger charge is 2.10. The number of benzene rings is 1. The van der Waals surface area contributed by atoms with Gasteiger partial charge in [-0.1, -0.05) is 0 Å². The average Bonchev–Trinajstić information content (AvgIpc) is 2.72. The molecule has 2 aromatic rings. The first-order valence-electron chi connectivity index (χ1n) is 5.34. The molecular formula is C12H13N3O2S. The van der Waals surface area contributed by atoms with Gasteiger partial charge in [0.1, 0.15) is 5.01 Å². The van der Waals surface area contributed by atoms with Crippen molar-refractivity contribution in [3.63, 3.8) is 0 Å². The number of thiazole rings is 1. The van der Waals surface area contributed by atoms with Crippen molar-refractivity contribution in [2.45, 2.75) is 13.5 Å². The van der Waals surface area contributed by atoms with E-state index in [0.717, 1.165) is 10.7 Å². The van der Waals surface area contributed by atoms with Crippen molar-refractivity contribution in [1.82, 2.24) is 4.98 Å². The van der Waals surface area contributed by atoms with E-state index in [0.29, 0.717) is 17.9 Å². The number of nitrogens with zero attached hydrogens (tertiary/aromatic N) is 1. The van der Waals surface area contributed by atoms with E-state index in [9.17, 15) is 4.79 Å². The van der Waals surface area contributed by atoms with Gasteiger partial charge in [0.15, 0.2) is 0 Å². The fourth-order valence-corrected chi connectivity index (χ4v) is 2.26. The van der Waals surface area contributed by atoms with E-state index in [1.807, 2.05) is 12.3 Å². The van der Waals surface area contributed by atoms with E-state index in [1.54, 1.807) is 12.1 Å². The van der Waals surface area contributed by atoms with E-state index in [-0.39, 0.29) is 5.56 Å². The lowest BCUT2D eigenvalue weighted by atomic mass is 10.1. The maximum Gasteiger partial charge on any atom is 0.337 e. The summed E-state index contributed by atoms with van der Waals surface area (Å²) in [6.45, 7) is 2.41. The van der Waals surface area contributed by atoms with Crippen molar-refractivity contribution < 1.29 is 9.90 Å². The molecule has 18 heavy (non-hydrogen) atoms. The number of aromatic nitrogens is 1. The third-order valence-electron chi connectivity index (χ3n) is 2.37. The van der Waals surface area contributed by atoms with Crippen molar-refractivity contribution in [1.29, 1.82) is 0 Å². The second kappa shape index (κ2) is 5.05. The minimum Gasteiger partial charge on any atom is -0.478 e. The zero-order chi connectivity index (χ0) is 13.1. The highest BCUT2D eigenvalue weighted by atomic mass is 32.1. The van der Waals surface area contributed by atoms with Gasteiger partial charge in [-0.2, -0.15) is 0 Å². The van der Waals surface area contributed by atoms with Gasteiger partial charge in [-0.05, 0) is 25.1 Å². The number of carboxylic acids is 1. The van der Waals surface area contributed by atoms with Crippen LogP contribution in [0.2, 0.25) is 0 Å². The van der Waals surface area contributed by atoms with Crippen LogP contribution in [0.4, 0.5) is 11.4 Å². The van der Waals surface area contributed by atoms with Crippen LogP contribution in [-0.2, 0) is 6.54 Å². The fourth-order valence-electron chi connectivity index (χ4n) is 1.55. The average molecular weight is 263 g/mol. The summed E-state index contributed by atoms with van der Waals surface area (Å²) in [6.07, 6.45) is 0. The molecule has 0 saturated heterocycles. The number of aromatic carboxylic acids is 1. The van der Waals surface area contributed by atoms with Gasteiger partial charge in [0.25, 0.3) is 0 Å². The molecule has 0 saturated carbocycles. The quantitative estimate of drug-likeness (QED) is 0.737. The molecule has 0 amide bonds. The second-order valence-corrected chi connectivity index (χ2v) is 4.79. The summed E-state index contributed by atoms with van der Waals surface area (Å²) >= 11 is 1.53. The van der Waals surface area contributed by atoms with Gasteiger partial charge >= 0.3 is 5.97 Å². The van der Waals surface area contributed by atoms with Gasteiger partial charge in [-0.15, -0.1) is 11.3 Å². The molecular weight excluding hydrogens is 250 g/mol. The van der Waals surface area contributed by atoms with E-state index < -0.39 is 5.97 Å². The van der Waals surface area contributed by atoms with Crippen molar-refractivity contribution in [2.24, 2.45) is 0 Å². The smallest absolute Gasteiger partial charge is 0.337 e. The molecule has 0 aliphatic heterocycles. The third kappa shape index (κ3) is 2.78. The molecule has 1 aromatic carbocycles. The Hall–Kier alpha value is -2.08. The number of nitrogens with two attached hydrogens (primary N) is 1. The van der Waals surface area contributed by atoms with Crippen molar-refractivity contribution in [3.05, 3.63) is 39.8 Å². The predicted octanol–water partition coefficient (Wildman–Crippen LogP) is 2.34. The Bertz CT molecular complexity index is 580. The molecule has 0 spiro atoms. The Morgan fingerprint density at radius 3 is 2.94 bits per heavy atom.